The smallest absolute Gasteiger partial charge is 0.175 e. The Balaban J connectivity index is 1.85. The van der Waals surface area contributed by atoms with E-state index >= 15 is 0 Å². The Morgan fingerprint density at radius 1 is 0.633 bits per heavy atom. The molecule has 0 bridgehead atoms. The summed E-state index contributed by atoms with van der Waals surface area (Å²) >= 11 is 3.67. The minimum absolute atomic E-state index is 0.356. The fourth-order valence-corrected chi connectivity index (χ4v) is 6.33. The maximum absolute atomic E-state index is 12.4. The Morgan fingerprint density at radius 2 is 1.13 bits per heavy atom. The fourth-order valence-electron chi connectivity index (χ4n) is 5.32. The van der Waals surface area contributed by atoms with Crippen molar-refractivity contribution in [1.29, 1.82) is 0 Å². The molecule has 0 amide bonds. The number of benzene rings is 4. The minimum atomic E-state index is -3.33. The van der Waals surface area contributed by atoms with E-state index < -0.39 is 15.3 Å². The number of rotatable bonds is 1. The molecule has 30 heavy (non-hydrogen) atoms. The minimum Gasteiger partial charge on any atom is -0.224 e. The maximum atomic E-state index is 12.4. The third-order valence-electron chi connectivity index (χ3n) is 6.45. The number of sulfone groups is 1. The van der Waals surface area contributed by atoms with E-state index in [4.69, 9.17) is 0 Å². The summed E-state index contributed by atoms with van der Waals surface area (Å²) in [5.41, 5.74) is 8.77. The summed E-state index contributed by atoms with van der Waals surface area (Å²) in [5, 5.41) is 0. The van der Waals surface area contributed by atoms with Crippen LogP contribution in [0.2, 0.25) is 0 Å². The predicted molar refractivity (Wildman–Crippen MR) is 124 cm³/mol. The molecule has 0 heterocycles. The first-order valence-corrected chi connectivity index (χ1v) is 12.4. The van der Waals surface area contributed by atoms with Gasteiger partial charge >= 0.3 is 0 Å². The summed E-state index contributed by atoms with van der Waals surface area (Å²) in [6, 6.07) is 28.9. The van der Waals surface area contributed by atoms with Crippen LogP contribution in [0, 0.1) is 0 Å². The first-order chi connectivity index (χ1) is 14.4. The fraction of sp³-hybridized carbons (Fsp3) is 0.0769. The van der Waals surface area contributed by atoms with E-state index in [1.54, 1.807) is 6.07 Å². The van der Waals surface area contributed by atoms with Crippen LogP contribution >= 0.6 is 15.9 Å². The summed E-state index contributed by atoms with van der Waals surface area (Å²) in [6.45, 7) is 0. The Morgan fingerprint density at radius 3 is 1.73 bits per heavy atom. The highest BCUT2D eigenvalue weighted by Crippen LogP contribution is 2.63. The normalized spacial score (nSPS) is 14.9. The van der Waals surface area contributed by atoms with Crippen molar-refractivity contribution in [3.8, 4) is 22.3 Å². The number of hydrogen-bond acceptors (Lipinski definition) is 2. The van der Waals surface area contributed by atoms with Crippen LogP contribution in [-0.2, 0) is 15.3 Å². The van der Waals surface area contributed by atoms with Gasteiger partial charge in [0.15, 0.2) is 9.84 Å². The Hall–Kier alpha value is -2.69. The lowest BCUT2D eigenvalue weighted by molar-refractivity contribution is 0.601. The van der Waals surface area contributed by atoms with E-state index in [1.165, 1.54) is 34.1 Å². The second-order valence-corrected chi connectivity index (χ2v) is 10.9. The predicted octanol–water partition coefficient (Wildman–Crippen LogP) is 6.20. The van der Waals surface area contributed by atoms with Crippen LogP contribution in [0.3, 0.4) is 0 Å². The molecule has 0 saturated carbocycles. The molecular weight excluding hydrogens is 456 g/mol. The zero-order valence-corrected chi connectivity index (χ0v) is 18.6. The molecule has 1 spiro atoms. The van der Waals surface area contributed by atoms with Gasteiger partial charge in [-0.25, -0.2) is 8.42 Å². The Kier molecular flexibility index (Phi) is 3.58. The van der Waals surface area contributed by atoms with E-state index in [1.807, 2.05) is 12.1 Å². The quantitative estimate of drug-likeness (QED) is 0.285. The number of fused-ring (bicyclic) bond motifs is 10. The summed E-state index contributed by atoms with van der Waals surface area (Å²) in [7, 11) is -3.33. The van der Waals surface area contributed by atoms with Gasteiger partial charge in [0.25, 0.3) is 0 Å². The van der Waals surface area contributed by atoms with Crippen LogP contribution < -0.4 is 0 Å². The molecule has 0 aliphatic heterocycles. The molecule has 0 fully saturated rings. The second-order valence-electron chi connectivity index (χ2n) is 8.01. The molecule has 146 valence electrons. The Labute approximate surface area is 184 Å². The van der Waals surface area contributed by atoms with Crippen molar-refractivity contribution in [2.24, 2.45) is 0 Å². The van der Waals surface area contributed by atoms with Gasteiger partial charge < -0.3 is 0 Å². The van der Waals surface area contributed by atoms with Crippen LogP contribution in [0.4, 0.5) is 0 Å². The van der Waals surface area contributed by atoms with Crippen LogP contribution in [0.5, 0.6) is 0 Å². The van der Waals surface area contributed by atoms with Crippen molar-refractivity contribution in [2.75, 3.05) is 6.26 Å². The topological polar surface area (TPSA) is 34.1 Å². The van der Waals surface area contributed by atoms with Crippen molar-refractivity contribution >= 4 is 25.8 Å². The molecule has 4 heteroatoms. The van der Waals surface area contributed by atoms with Gasteiger partial charge in [-0.1, -0.05) is 76.6 Å². The zero-order chi connectivity index (χ0) is 20.7. The molecular formula is C26H17BrO2S. The molecule has 4 aromatic rings. The van der Waals surface area contributed by atoms with E-state index in [0.29, 0.717) is 4.90 Å². The summed E-state index contributed by atoms with van der Waals surface area (Å²) in [4.78, 5) is 0.356. The molecule has 0 aromatic heterocycles. The van der Waals surface area contributed by atoms with Crippen molar-refractivity contribution < 1.29 is 8.42 Å². The molecule has 0 saturated heterocycles. The van der Waals surface area contributed by atoms with Gasteiger partial charge in [-0.15, -0.1) is 0 Å². The van der Waals surface area contributed by atoms with Gasteiger partial charge in [-0.05, 0) is 68.8 Å². The average Bonchev–Trinajstić information content (AvgIpc) is 3.19. The zero-order valence-electron chi connectivity index (χ0n) is 16.2. The molecule has 2 aliphatic carbocycles. The molecule has 0 atom stereocenters. The van der Waals surface area contributed by atoms with Crippen molar-refractivity contribution in [3.05, 3.63) is 112 Å². The second kappa shape index (κ2) is 5.93. The van der Waals surface area contributed by atoms with Crippen molar-refractivity contribution in [3.63, 3.8) is 0 Å². The highest BCUT2D eigenvalue weighted by molar-refractivity contribution is 9.10. The molecule has 6 rings (SSSR count). The monoisotopic (exact) mass is 472 g/mol. The van der Waals surface area contributed by atoms with Gasteiger partial charge in [-0.2, -0.15) is 0 Å². The van der Waals surface area contributed by atoms with Gasteiger partial charge in [0.05, 0.1) is 10.3 Å². The average molecular weight is 473 g/mol. The van der Waals surface area contributed by atoms with Crippen LogP contribution in [-0.4, -0.2) is 14.7 Å². The molecule has 2 aliphatic rings. The summed E-state index contributed by atoms with van der Waals surface area (Å²) < 4.78 is 25.9. The largest absolute Gasteiger partial charge is 0.224 e. The molecule has 2 nitrogen and oxygen atoms in total. The first kappa shape index (κ1) is 18.1. The van der Waals surface area contributed by atoms with E-state index in [0.717, 1.165) is 21.2 Å². The van der Waals surface area contributed by atoms with E-state index in [2.05, 4.69) is 82.7 Å². The highest BCUT2D eigenvalue weighted by Gasteiger charge is 2.51. The molecule has 0 unspecified atom stereocenters. The SMILES string of the molecule is CS(=O)(=O)c1ccc2c(c1)C1(c3ccccc3-c3ccccc31)c1cc(Br)ccc1-2. The lowest BCUT2D eigenvalue weighted by Gasteiger charge is -2.30. The van der Waals surface area contributed by atoms with E-state index in [9.17, 15) is 8.42 Å². The first-order valence-electron chi connectivity index (χ1n) is 9.77. The molecule has 4 aromatic carbocycles. The lowest BCUT2D eigenvalue weighted by Crippen LogP contribution is -2.26. The van der Waals surface area contributed by atoms with Gasteiger partial charge in [-0.3, -0.25) is 0 Å². The van der Waals surface area contributed by atoms with Crippen LogP contribution in [0.25, 0.3) is 22.3 Å². The number of halogens is 1. The van der Waals surface area contributed by atoms with Crippen molar-refractivity contribution in [1.82, 2.24) is 0 Å². The summed E-state index contributed by atoms with van der Waals surface area (Å²) in [5.74, 6) is 0. The van der Waals surface area contributed by atoms with Crippen LogP contribution in [0.1, 0.15) is 22.3 Å². The third-order valence-corrected chi connectivity index (χ3v) is 8.05. The standard InChI is InChI=1S/C26H17BrO2S/c1-30(28,29)17-11-13-21-20-12-10-16(27)14-24(20)26(25(21)15-17)22-8-4-2-6-18(22)19-7-3-5-9-23(19)26/h2-15H,1H3. The highest BCUT2D eigenvalue weighted by atomic mass is 79.9. The number of hydrogen-bond donors (Lipinski definition) is 0. The van der Waals surface area contributed by atoms with Gasteiger partial charge in [0.2, 0.25) is 0 Å². The van der Waals surface area contributed by atoms with Gasteiger partial charge in [0.1, 0.15) is 0 Å². The van der Waals surface area contributed by atoms with E-state index in [-0.39, 0.29) is 0 Å². The molecule has 0 N–H and O–H groups in total. The molecule has 0 radical (unpaired) electrons. The van der Waals surface area contributed by atoms with Gasteiger partial charge in [0, 0.05) is 10.7 Å². The third kappa shape index (κ3) is 2.16. The van der Waals surface area contributed by atoms with Crippen LogP contribution in [0.15, 0.2) is 94.3 Å². The van der Waals surface area contributed by atoms with Crippen molar-refractivity contribution in [2.45, 2.75) is 10.3 Å². The Bertz CT molecular complexity index is 1440. The maximum Gasteiger partial charge on any atom is 0.175 e. The summed E-state index contributed by atoms with van der Waals surface area (Å²) in [6.07, 6.45) is 1.27. The lowest BCUT2D eigenvalue weighted by atomic mass is 9.70.